The Balaban J connectivity index is 1.65. The van der Waals surface area contributed by atoms with Gasteiger partial charge in [0.2, 0.25) is 11.8 Å². The summed E-state index contributed by atoms with van der Waals surface area (Å²) in [5.74, 6) is -0.590. The normalized spacial score (nSPS) is 16.1. The second-order valence-corrected chi connectivity index (χ2v) is 7.13. The topological polar surface area (TPSA) is 84.9 Å². The molecule has 3 rings (SSSR count). The van der Waals surface area contributed by atoms with Crippen LogP contribution >= 0.6 is 0 Å². The Hall–Kier alpha value is -3.35. The van der Waals surface area contributed by atoms with Gasteiger partial charge in [-0.2, -0.15) is 0 Å². The summed E-state index contributed by atoms with van der Waals surface area (Å²) in [7, 11) is 1.30. The Kier molecular flexibility index (Phi) is 6.16. The van der Waals surface area contributed by atoms with E-state index >= 15 is 0 Å². The van der Waals surface area contributed by atoms with E-state index in [1.807, 2.05) is 38.1 Å². The number of carbonyl (C=O) groups is 3. The van der Waals surface area contributed by atoms with E-state index in [9.17, 15) is 14.4 Å². The van der Waals surface area contributed by atoms with Gasteiger partial charge in [-0.3, -0.25) is 9.59 Å². The number of nitrogens with zero attached hydrogens (tertiary/aromatic N) is 1. The van der Waals surface area contributed by atoms with Crippen LogP contribution in [0.2, 0.25) is 0 Å². The lowest BCUT2D eigenvalue weighted by atomic mass is 10.1. The van der Waals surface area contributed by atoms with Crippen LogP contribution in [-0.4, -0.2) is 37.5 Å². The third-order valence-corrected chi connectivity index (χ3v) is 4.57. The molecule has 2 amide bonds. The number of carbonyl (C=O) groups excluding carboxylic acids is 3. The van der Waals surface area contributed by atoms with E-state index in [1.54, 1.807) is 29.2 Å². The van der Waals surface area contributed by atoms with Gasteiger partial charge in [0.05, 0.1) is 24.7 Å². The fourth-order valence-electron chi connectivity index (χ4n) is 3.20. The maximum Gasteiger partial charge on any atom is 0.337 e. The molecule has 0 aliphatic carbocycles. The van der Waals surface area contributed by atoms with Crippen molar-refractivity contribution in [2.24, 2.45) is 5.92 Å². The van der Waals surface area contributed by atoms with Crippen LogP contribution in [0.1, 0.15) is 30.6 Å². The van der Waals surface area contributed by atoms with E-state index in [-0.39, 0.29) is 24.3 Å². The zero-order valence-corrected chi connectivity index (χ0v) is 16.7. The number of anilines is 2. The zero-order valence-electron chi connectivity index (χ0n) is 16.7. The van der Waals surface area contributed by atoms with Gasteiger partial charge < -0.3 is 19.7 Å². The van der Waals surface area contributed by atoms with Crippen molar-refractivity contribution in [2.45, 2.75) is 26.4 Å². The maximum absolute atomic E-state index is 12.6. The van der Waals surface area contributed by atoms with Gasteiger partial charge in [-0.1, -0.05) is 6.07 Å². The van der Waals surface area contributed by atoms with E-state index in [0.29, 0.717) is 17.8 Å². The monoisotopic (exact) mass is 396 g/mol. The van der Waals surface area contributed by atoms with Crippen LogP contribution in [0.25, 0.3) is 0 Å². The molecular weight excluding hydrogens is 372 g/mol. The van der Waals surface area contributed by atoms with Crippen molar-refractivity contribution in [3.8, 4) is 5.75 Å². The first-order valence-electron chi connectivity index (χ1n) is 9.43. The predicted octanol–water partition coefficient (Wildman–Crippen LogP) is 3.25. The number of hydrogen-bond acceptors (Lipinski definition) is 5. The Morgan fingerprint density at radius 3 is 2.52 bits per heavy atom. The third kappa shape index (κ3) is 4.93. The highest BCUT2D eigenvalue weighted by atomic mass is 16.5. The van der Waals surface area contributed by atoms with Gasteiger partial charge >= 0.3 is 5.97 Å². The molecule has 7 nitrogen and oxygen atoms in total. The van der Waals surface area contributed by atoms with E-state index < -0.39 is 11.9 Å². The first-order valence-corrected chi connectivity index (χ1v) is 9.43. The molecule has 1 N–H and O–H groups in total. The second kappa shape index (κ2) is 8.77. The van der Waals surface area contributed by atoms with Crippen LogP contribution < -0.4 is 15.0 Å². The predicted molar refractivity (Wildman–Crippen MR) is 109 cm³/mol. The van der Waals surface area contributed by atoms with Crippen molar-refractivity contribution in [1.29, 1.82) is 0 Å². The lowest BCUT2D eigenvalue weighted by Gasteiger charge is -2.18. The minimum atomic E-state index is -0.479. The van der Waals surface area contributed by atoms with Crippen molar-refractivity contribution in [3.05, 3.63) is 54.1 Å². The molecule has 2 aromatic carbocycles. The lowest BCUT2D eigenvalue weighted by Crippen LogP contribution is -2.28. The molecule has 0 aromatic heterocycles. The number of hydrogen-bond donors (Lipinski definition) is 1. The molecule has 29 heavy (non-hydrogen) atoms. The van der Waals surface area contributed by atoms with Crippen LogP contribution in [0.15, 0.2) is 48.5 Å². The highest BCUT2D eigenvalue weighted by Crippen LogP contribution is 2.28. The van der Waals surface area contributed by atoms with Gasteiger partial charge in [0.15, 0.2) is 0 Å². The van der Waals surface area contributed by atoms with E-state index in [1.165, 1.54) is 7.11 Å². The molecule has 1 aliphatic rings. The fraction of sp³-hybridized carbons (Fsp3) is 0.318. The smallest absolute Gasteiger partial charge is 0.337 e. The van der Waals surface area contributed by atoms with Crippen LogP contribution in [0, 0.1) is 5.92 Å². The number of nitrogens with one attached hydrogen (secondary N) is 1. The summed E-state index contributed by atoms with van der Waals surface area (Å²) in [6.07, 6.45) is 0.201. The van der Waals surface area contributed by atoms with Crippen LogP contribution in [0.4, 0.5) is 11.4 Å². The van der Waals surface area contributed by atoms with Gasteiger partial charge in [0, 0.05) is 24.3 Å². The SMILES string of the molecule is COC(=O)c1cccc(NC(=O)C2CC(=O)N(c3ccc(OC(C)C)cc3)C2)c1. The molecule has 1 heterocycles. The van der Waals surface area contributed by atoms with Crippen LogP contribution in [0.5, 0.6) is 5.75 Å². The fourth-order valence-corrected chi connectivity index (χ4v) is 3.20. The largest absolute Gasteiger partial charge is 0.491 e. The van der Waals surface area contributed by atoms with Crippen molar-refractivity contribution in [2.75, 3.05) is 23.9 Å². The van der Waals surface area contributed by atoms with Crippen molar-refractivity contribution >= 4 is 29.2 Å². The molecular formula is C22H24N2O5. The van der Waals surface area contributed by atoms with Crippen molar-refractivity contribution in [3.63, 3.8) is 0 Å². The molecule has 2 aromatic rings. The number of rotatable bonds is 6. The Labute approximate surface area is 169 Å². The summed E-state index contributed by atoms with van der Waals surface area (Å²) < 4.78 is 10.3. The summed E-state index contributed by atoms with van der Waals surface area (Å²) in [6.45, 7) is 4.19. The van der Waals surface area contributed by atoms with Gasteiger partial charge in [-0.05, 0) is 56.3 Å². The number of benzene rings is 2. The molecule has 0 saturated carbocycles. The maximum atomic E-state index is 12.6. The molecule has 0 bridgehead atoms. The Bertz CT molecular complexity index is 908. The number of methoxy groups -OCH3 is 1. The van der Waals surface area contributed by atoms with E-state index in [2.05, 4.69) is 5.32 Å². The molecule has 152 valence electrons. The van der Waals surface area contributed by atoms with E-state index in [4.69, 9.17) is 9.47 Å². The average molecular weight is 396 g/mol. The molecule has 1 unspecified atom stereocenters. The number of amides is 2. The summed E-state index contributed by atoms with van der Waals surface area (Å²) in [5.41, 5.74) is 1.56. The number of esters is 1. The van der Waals surface area contributed by atoms with E-state index in [0.717, 1.165) is 11.4 Å². The lowest BCUT2D eigenvalue weighted by molar-refractivity contribution is -0.122. The standard InChI is InChI=1S/C22H24N2O5/c1-14(2)29-19-9-7-18(8-10-19)24-13-16(12-20(24)25)21(26)23-17-6-4-5-15(11-17)22(27)28-3/h4-11,14,16H,12-13H2,1-3H3,(H,23,26). The summed E-state index contributed by atoms with van der Waals surface area (Å²) in [6, 6.07) is 13.8. The molecule has 1 atom stereocenters. The van der Waals surface area contributed by atoms with Crippen LogP contribution in [0.3, 0.4) is 0 Å². The van der Waals surface area contributed by atoms with Crippen molar-refractivity contribution in [1.82, 2.24) is 0 Å². The third-order valence-electron chi connectivity index (χ3n) is 4.57. The Morgan fingerprint density at radius 2 is 1.86 bits per heavy atom. The minimum absolute atomic E-state index is 0.0695. The highest BCUT2D eigenvalue weighted by molar-refractivity contribution is 6.04. The minimum Gasteiger partial charge on any atom is -0.491 e. The van der Waals surface area contributed by atoms with Crippen LogP contribution in [-0.2, 0) is 14.3 Å². The number of ether oxygens (including phenoxy) is 2. The van der Waals surface area contributed by atoms with Gasteiger partial charge in [-0.25, -0.2) is 4.79 Å². The molecule has 0 spiro atoms. The molecule has 0 radical (unpaired) electrons. The summed E-state index contributed by atoms with van der Waals surface area (Å²) >= 11 is 0. The van der Waals surface area contributed by atoms with Gasteiger partial charge in [0.25, 0.3) is 0 Å². The van der Waals surface area contributed by atoms with Crippen molar-refractivity contribution < 1.29 is 23.9 Å². The van der Waals surface area contributed by atoms with Gasteiger partial charge in [-0.15, -0.1) is 0 Å². The quantitative estimate of drug-likeness (QED) is 0.758. The summed E-state index contributed by atoms with van der Waals surface area (Å²) in [5, 5.41) is 2.78. The molecule has 1 aliphatic heterocycles. The zero-order chi connectivity index (χ0) is 21.0. The molecule has 1 fully saturated rings. The summed E-state index contributed by atoms with van der Waals surface area (Å²) in [4.78, 5) is 38.3. The molecule has 1 saturated heterocycles. The highest BCUT2D eigenvalue weighted by Gasteiger charge is 2.35. The first kappa shape index (κ1) is 20.4. The molecule has 7 heteroatoms. The Morgan fingerprint density at radius 1 is 1.14 bits per heavy atom. The average Bonchev–Trinajstić information content (AvgIpc) is 3.09. The first-order chi connectivity index (χ1) is 13.9. The second-order valence-electron chi connectivity index (χ2n) is 7.13. The van der Waals surface area contributed by atoms with Gasteiger partial charge in [0.1, 0.15) is 5.75 Å².